The van der Waals surface area contributed by atoms with Crippen LogP contribution in [0.2, 0.25) is 0 Å². The van der Waals surface area contributed by atoms with Crippen LogP contribution in [0, 0.1) is 0 Å². The summed E-state index contributed by atoms with van der Waals surface area (Å²) in [4.78, 5) is 29.4. The normalized spacial score (nSPS) is 13.8. The van der Waals surface area contributed by atoms with Crippen LogP contribution in [0.1, 0.15) is 23.7 Å². The van der Waals surface area contributed by atoms with Gasteiger partial charge in [-0.25, -0.2) is 0 Å². The molecule has 1 aliphatic heterocycles. The standard InChI is InChI=1S/C24H30N2O6/c1-4-31-18-9-5-6-10-19(18)32-17-22(27)25-13-8-14-26(16-15-25)24(28)23-20(29-2)11-7-12-21(23)30-3/h5-7,9-12H,4,8,13-17H2,1-3H3. The average Bonchev–Trinajstić information content (AvgIpc) is 3.09. The third kappa shape index (κ3) is 5.43. The summed E-state index contributed by atoms with van der Waals surface area (Å²) < 4.78 is 22.0. The second kappa shape index (κ2) is 11.3. The van der Waals surface area contributed by atoms with Crippen molar-refractivity contribution in [2.75, 3.05) is 53.6 Å². The van der Waals surface area contributed by atoms with E-state index in [1.54, 1.807) is 34.1 Å². The Bertz CT molecular complexity index is 910. The number of nitrogens with zero attached hydrogens (tertiary/aromatic N) is 2. The van der Waals surface area contributed by atoms with E-state index in [0.717, 1.165) is 0 Å². The fraction of sp³-hybridized carbons (Fsp3) is 0.417. The smallest absolute Gasteiger partial charge is 0.261 e. The van der Waals surface area contributed by atoms with Crippen molar-refractivity contribution < 1.29 is 28.5 Å². The molecule has 2 aromatic carbocycles. The molecule has 8 heteroatoms. The summed E-state index contributed by atoms with van der Waals surface area (Å²) in [6, 6.07) is 12.5. The first-order valence-electron chi connectivity index (χ1n) is 10.7. The van der Waals surface area contributed by atoms with Gasteiger partial charge in [0.25, 0.3) is 11.8 Å². The van der Waals surface area contributed by atoms with Gasteiger partial charge in [0.1, 0.15) is 17.1 Å². The molecule has 0 bridgehead atoms. The van der Waals surface area contributed by atoms with Crippen molar-refractivity contribution in [1.29, 1.82) is 0 Å². The van der Waals surface area contributed by atoms with Gasteiger partial charge in [0.2, 0.25) is 0 Å². The highest BCUT2D eigenvalue weighted by Crippen LogP contribution is 2.30. The second-order valence-corrected chi connectivity index (χ2v) is 7.23. The van der Waals surface area contributed by atoms with Crippen LogP contribution in [0.3, 0.4) is 0 Å². The number of methoxy groups -OCH3 is 2. The molecule has 0 N–H and O–H groups in total. The molecule has 0 atom stereocenters. The fourth-order valence-corrected chi connectivity index (χ4v) is 3.66. The van der Waals surface area contributed by atoms with E-state index >= 15 is 0 Å². The first-order valence-corrected chi connectivity index (χ1v) is 10.7. The summed E-state index contributed by atoms with van der Waals surface area (Å²) >= 11 is 0. The van der Waals surface area contributed by atoms with Crippen molar-refractivity contribution in [3.63, 3.8) is 0 Å². The SMILES string of the molecule is CCOc1ccccc1OCC(=O)N1CCCN(C(=O)c2c(OC)cccc2OC)CC1. The molecule has 0 saturated carbocycles. The largest absolute Gasteiger partial charge is 0.496 e. The van der Waals surface area contributed by atoms with Gasteiger partial charge in [0.15, 0.2) is 18.1 Å². The van der Waals surface area contributed by atoms with E-state index in [1.165, 1.54) is 14.2 Å². The summed E-state index contributed by atoms with van der Waals surface area (Å²) in [7, 11) is 3.05. The molecule has 0 spiro atoms. The minimum atomic E-state index is -0.171. The Morgan fingerprint density at radius 2 is 1.34 bits per heavy atom. The third-order valence-electron chi connectivity index (χ3n) is 5.28. The number of amides is 2. The van der Waals surface area contributed by atoms with Crippen LogP contribution in [0.15, 0.2) is 42.5 Å². The molecule has 2 aromatic rings. The lowest BCUT2D eigenvalue weighted by molar-refractivity contribution is -0.133. The lowest BCUT2D eigenvalue weighted by Gasteiger charge is -2.24. The maximum Gasteiger partial charge on any atom is 0.261 e. The van der Waals surface area contributed by atoms with E-state index in [0.29, 0.717) is 67.8 Å². The van der Waals surface area contributed by atoms with Gasteiger partial charge in [0.05, 0.1) is 20.8 Å². The zero-order chi connectivity index (χ0) is 22.9. The van der Waals surface area contributed by atoms with Gasteiger partial charge in [0, 0.05) is 26.2 Å². The van der Waals surface area contributed by atoms with Crippen molar-refractivity contribution in [3.05, 3.63) is 48.0 Å². The van der Waals surface area contributed by atoms with Gasteiger partial charge in [-0.2, -0.15) is 0 Å². The number of hydrogen-bond acceptors (Lipinski definition) is 6. The van der Waals surface area contributed by atoms with Gasteiger partial charge in [-0.1, -0.05) is 18.2 Å². The highest BCUT2D eigenvalue weighted by Gasteiger charge is 2.27. The Labute approximate surface area is 188 Å². The molecule has 1 saturated heterocycles. The molecule has 1 fully saturated rings. The van der Waals surface area contributed by atoms with Crippen molar-refractivity contribution >= 4 is 11.8 Å². The molecular weight excluding hydrogens is 412 g/mol. The molecule has 0 aliphatic carbocycles. The summed E-state index contributed by atoms with van der Waals surface area (Å²) in [5.41, 5.74) is 0.396. The third-order valence-corrected chi connectivity index (χ3v) is 5.28. The molecule has 172 valence electrons. The van der Waals surface area contributed by atoms with Crippen molar-refractivity contribution in [2.45, 2.75) is 13.3 Å². The predicted octanol–water partition coefficient (Wildman–Crippen LogP) is 2.86. The number of carbonyl (C=O) groups is 2. The Kier molecular flexibility index (Phi) is 8.19. The number of para-hydroxylation sites is 2. The minimum Gasteiger partial charge on any atom is -0.496 e. The summed E-state index contributed by atoms with van der Waals surface area (Å²) in [5.74, 6) is 1.79. The fourth-order valence-electron chi connectivity index (χ4n) is 3.66. The molecule has 0 unspecified atom stereocenters. The Morgan fingerprint density at radius 1 is 0.781 bits per heavy atom. The first kappa shape index (κ1) is 23.2. The number of carbonyl (C=O) groups excluding carboxylic acids is 2. The Balaban J connectivity index is 1.62. The van der Waals surface area contributed by atoms with Crippen molar-refractivity contribution in [1.82, 2.24) is 9.80 Å². The molecule has 0 radical (unpaired) electrons. The molecular formula is C24H30N2O6. The average molecular weight is 443 g/mol. The van der Waals surface area contributed by atoms with Gasteiger partial charge < -0.3 is 28.7 Å². The number of rotatable bonds is 8. The molecule has 1 aliphatic rings. The molecule has 1 heterocycles. The predicted molar refractivity (Wildman–Crippen MR) is 120 cm³/mol. The summed E-state index contributed by atoms with van der Waals surface area (Å²) in [6.07, 6.45) is 0.671. The number of benzene rings is 2. The van der Waals surface area contributed by atoms with Crippen LogP contribution in [0.25, 0.3) is 0 Å². The van der Waals surface area contributed by atoms with Crippen LogP contribution in [0.5, 0.6) is 23.0 Å². The number of hydrogen-bond donors (Lipinski definition) is 0. The summed E-state index contributed by atoms with van der Waals surface area (Å²) in [6.45, 7) is 4.27. The maximum absolute atomic E-state index is 13.2. The number of ether oxygens (including phenoxy) is 4. The van der Waals surface area contributed by atoms with E-state index in [9.17, 15) is 9.59 Å². The van der Waals surface area contributed by atoms with Crippen LogP contribution in [-0.4, -0.2) is 75.2 Å². The lowest BCUT2D eigenvalue weighted by atomic mass is 10.1. The molecule has 2 amide bonds. The molecule has 0 aromatic heterocycles. The van der Waals surface area contributed by atoms with Crippen LogP contribution < -0.4 is 18.9 Å². The van der Waals surface area contributed by atoms with E-state index < -0.39 is 0 Å². The van der Waals surface area contributed by atoms with Gasteiger partial charge in [-0.05, 0) is 37.6 Å². The van der Waals surface area contributed by atoms with Gasteiger partial charge >= 0.3 is 0 Å². The second-order valence-electron chi connectivity index (χ2n) is 7.23. The van der Waals surface area contributed by atoms with E-state index in [2.05, 4.69) is 0 Å². The quantitative estimate of drug-likeness (QED) is 0.626. The van der Waals surface area contributed by atoms with Crippen molar-refractivity contribution in [3.8, 4) is 23.0 Å². The Hall–Kier alpha value is -3.42. The molecule has 32 heavy (non-hydrogen) atoms. The van der Waals surface area contributed by atoms with Crippen LogP contribution in [-0.2, 0) is 4.79 Å². The topological polar surface area (TPSA) is 77.5 Å². The van der Waals surface area contributed by atoms with Crippen LogP contribution >= 0.6 is 0 Å². The minimum absolute atomic E-state index is 0.0850. The lowest BCUT2D eigenvalue weighted by Crippen LogP contribution is -2.39. The Morgan fingerprint density at radius 3 is 1.97 bits per heavy atom. The van der Waals surface area contributed by atoms with E-state index in [1.807, 2.05) is 25.1 Å². The molecule has 3 rings (SSSR count). The summed E-state index contributed by atoms with van der Waals surface area (Å²) in [5, 5.41) is 0. The van der Waals surface area contributed by atoms with E-state index in [-0.39, 0.29) is 18.4 Å². The highest BCUT2D eigenvalue weighted by molar-refractivity contribution is 5.99. The maximum atomic E-state index is 13.2. The zero-order valence-electron chi connectivity index (χ0n) is 18.8. The van der Waals surface area contributed by atoms with Gasteiger partial charge in [-0.15, -0.1) is 0 Å². The molecule has 8 nitrogen and oxygen atoms in total. The first-order chi connectivity index (χ1) is 15.6. The van der Waals surface area contributed by atoms with Crippen LogP contribution in [0.4, 0.5) is 0 Å². The highest BCUT2D eigenvalue weighted by atomic mass is 16.5. The monoisotopic (exact) mass is 442 g/mol. The van der Waals surface area contributed by atoms with E-state index in [4.69, 9.17) is 18.9 Å². The van der Waals surface area contributed by atoms with Crippen molar-refractivity contribution in [2.24, 2.45) is 0 Å². The van der Waals surface area contributed by atoms with Gasteiger partial charge in [-0.3, -0.25) is 9.59 Å². The zero-order valence-corrected chi connectivity index (χ0v) is 18.8.